The number of imide groups is 1. The summed E-state index contributed by atoms with van der Waals surface area (Å²) >= 11 is 3.32. The van der Waals surface area contributed by atoms with Crippen LogP contribution in [0.25, 0.3) is 0 Å². The minimum atomic E-state index is -0.389. The van der Waals surface area contributed by atoms with E-state index >= 15 is 0 Å². The number of nitrogens with zero attached hydrogens (tertiary/aromatic N) is 1. The second kappa shape index (κ2) is 4.61. The van der Waals surface area contributed by atoms with Crippen molar-refractivity contribution in [3.8, 4) is 0 Å². The number of piperidine rings is 1. The summed E-state index contributed by atoms with van der Waals surface area (Å²) in [5.41, 5.74) is 0. The summed E-state index contributed by atoms with van der Waals surface area (Å²) < 4.78 is 0.886. The van der Waals surface area contributed by atoms with Crippen molar-refractivity contribution < 1.29 is 9.59 Å². The summed E-state index contributed by atoms with van der Waals surface area (Å²) in [6.07, 6.45) is 2.49. The van der Waals surface area contributed by atoms with Crippen LogP contribution in [0.3, 0.4) is 0 Å². The van der Waals surface area contributed by atoms with Crippen molar-refractivity contribution >= 4 is 33.6 Å². The van der Waals surface area contributed by atoms with E-state index in [1.807, 2.05) is 0 Å². The Balaban J connectivity index is 2.05. The van der Waals surface area contributed by atoms with Gasteiger partial charge in [-0.15, -0.1) is 0 Å². The SMILES string of the molecule is O=C1CCC(Nc2cc(Br)ccn2)C(=O)N1. The number of aromatic nitrogens is 1. The van der Waals surface area contributed by atoms with Gasteiger partial charge in [-0.05, 0) is 18.6 Å². The zero-order valence-electron chi connectivity index (χ0n) is 8.37. The Bertz CT molecular complexity index is 436. The number of rotatable bonds is 2. The van der Waals surface area contributed by atoms with Crippen molar-refractivity contribution in [2.24, 2.45) is 0 Å². The molecule has 1 atom stereocenters. The van der Waals surface area contributed by atoms with Gasteiger partial charge in [-0.25, -0.2) is 4.98 Å². The fraction of sp³-hybridized carbons (Fsp3) is 0.300. The van der Waals surface area contributed by atoms with Gasteiger partial charge in [0.05, 0.1) is 0 Å². The van der Waals surface area contributed by atoms with Crippen LogP contribution in [0.4, 0.5) is 5.82 Å². The van der Waals surface area contributed by atoms with E-state index in [-0.39, 0.29) is 17.9 Å². The summed E-state index contributed by atoms with van der Waals surface area (Å²) in [6, 6.07) is 3.19. The molecule has 0 radical (unpaired) electrons. The molecule has 1 aliphatic rings. The molecule has 1 aromatic rings. The molecule has 0 saturated carbocycles. The molecule has 2 N–H and O–H groups in total. The first kappa shape index (κ1) is 11.1. The van der Waals surface area contributed by atoms with Gasteiger partial charge in [-0.2, -0.15) is 0 Å². The van der Waals surface area contributed by atoms with Crippen molar-refractivity contribution in [1.29, 1.82) is 0 Å². The summed E-state index contributed by atoms with van der Waals surface area (Å²) in [5.74, 6) is 0.104. The van der Waals surface area contributed by atoms with Crippen molar-refractivity contribution in [2.45, 2.75) is 18.9 Å². The molecule has 6 heteroatoms. The predicted molar refractivity (Wildman–Crippen MR) is 61.7 cm³/mol. The Kier molecular flexibility index (Phi) is 3.19. The molecule has 84 valence electrons. The van der Waals surface area contributed by atoms with E-state index in [0.717, 1.165) is 4.47 Å². The molecule has 16 heavy (non-hydrogen) atoms. The Labute approximate surface area is 101 Å². The topological polar surface area (TPSA) is 71.1 Å². The van der Waals surface area contributed by atoms with E-state index in [1.165, 1.54) is 0 Å². The first-order valence-electron chi connectivity index (χ1n) is 4.87. The van der Waals surface area contributed by atoms with Crippen LogP contribution in [0.5, 0.6) is 0 Å². The number of carbonyl (C=O) groups is 2. The average Bonchev–Trinajstić information content (AvgIpc) is 2.22. The van der Waals surface area contributed by atoms with Crippen LogP contribution in [0.2, 0.25) is 0 Å². The number of pyridine rings is 1. The second-order valence-corrected chi connectivity index (χ2v) is 4.42. The predicted octanol–water partition coefficient (Wildman–Crippen LogP) is 1.06. The van der Waals surface area contributed by atoms with Gasteiger partial charge in [0.2, 0.25) is 11.8 Å². The van der Waals surface area contributed by atoms with Crippen LogP contribution in [0.15, 0.2) is 22.8 Å². The zero-order valence-corrected chi connectivity index (χ0v) is 9.95. The minimum Gasteiger partial charge on any atom is -0.358 e. The van der Waals surface area contributed by atoms with Gasteiger partial charge >= 0.3 is 0 Å². The Morgan fingerprint density at radius 3 is 3.00 bits per heavy atom. The standard InChI is InChI=1S/C10H10BrN3O2/c11-6-3-4-12-8(5-6)13-7-1-2-9(15)14-10(7)16/h3-5,7H,1-2H2,(H,12,13)(H,14,15,16). The molecule has 1 unspecified atom stereocenters. The van der Waals surface area contributed by atoms with Crippen LogP contribution >= 0.6 is 15.9 Å². The smallest absolute Gasteiger partial charge is 0.249 e. The molecule has 0 bridgehead atoms. The second-order valence-electron chi connectivity index (χ2n) is 3.51. The van der Waals surface area contributed by atoms with Crippen LogP contribution in [-0.4, -0.2) is 22.8 Å². The number of hydrogen-bond acceptors (Lipinski definition) is 4. The van der Waals surface area contributed by atoms with Gasteiger partial charge in [0, 0.05) is 17.1 Å². The lowest BCUT2D eigenvalue weighted by Crippen LogP contribution is -2.47. The largest absolute Gasteiger partial charge is 0.358 e. The molecule has 1 saturated heterocycles. The lowest BCUT2D eigenvalue weighted by Gasteiger charge is -2.22. The number of hydrogen-bond donors (Lipinski definition) is 2. The summed E-state index contributed by atoms with van der Waals surface area (Å²) in [7, 11) is 0. The number of carbonyl (C=O) groups excluding carboxylic acids is 2. The highest BCUT2D eigenvalue weighted by Gasteiger charge is 2.26. The number of anilines is 1. The van der Waals surface area contributed by atoms with Gasteiger partial charge in [-0.3, -0.25) is 14.9 Å². The highest BCUT2D eigenvalue weighted by atomic mass is 79.9. The quantitative estimate of drug-likeness (QED) is 0.797. The fourth-order valence-electron chi connectivity index (χ4n) is 1.49. The molecule has 0 aliphatic carbocycles. The van der Waals surface area contributed by atoms with Crippen LogP contribution in [0, 0.1) is 0 Å². The van der Waals surface area contributed by atoms with Gasteiger partial charge < -0.3 is 5.32 Å². The van der Waals surface area contributed by atoms with Crippen molar-refractivity contribution in [3.63, 3.8) is 0 Å². The molecule has 2 amide bonds. The highest BCUT2D eigenvalue weighted by Crippen LogP contribution is 2.15. The van der Waals surface area contributed by atoms with Crippen LogP contribution in [-0.2, 0) is 9.59 Å². The highest BCUT2D eigenvalue weighted by molar-refractivity contribution is 9.10. The molecule has 5 nitrogen and oxygen atoms in total. The normalized spacial score (nSPS) is 20.4. The monoisotopic (exact) mass is 283 g/mol. The summed E-state index contributed by atoms with van der Waals surface area (Å²) in [6.45, 7) is 0. The van der Waals surface area contributed by atoms with E-state index < -0.39 is 0 Å². The van der Waals surface area contributed by atoms with E-state index in [0.29, 0.717) is 18.7 Å². The lowest BCUT2D eigenvalue weighted by molar-refractivity contribution is -0.133. The van der Waals surface area contributed by atoms with Crippen LogP contribution in [0.1, 0.15) is 12.8 Å². The molecule has 0 aromatic carbocycles. The van der Waals surface area contributed by atoms with Gasteiger partial charge in [-0.1, -0.05) is 15.9 Å². The van der Waals surface area contributed by atoms with Crippen molar-refractivity contribution in [2.75, 3.05) is 5.32 Å². The van der Waals surface area contributed by atoms with Crippen LogP contribution < -0.4 is 10.6 Å². The third kappa shape index (κ3) is 2.57. The first-order chi connectivity index (χ1) is 7.65. The third-order valence-electron chi connectivity index (χ3n) is 2.28. The van der Waals surface area contributed by atoms with E-state index in [2.05, 4.69) is 31.5 Å². The Morgan fingerprint density at radius 2 is 2.31 bits per heavy atom. The molecule has 1 fully saturated rings. The van der Waals surface area contributed by atoms with E-state index in [1.54, 1.807) is 18.3 Å². The average molecular weight is 284 g/mol. The number of halogens is 1. The first-order valence-corrected chi connectivity index (χ1v) is 5.66. The van der Waals surface area contributed by atoms with Gasteiger partial charge in [0.1, 0.15) is 11.9 Å². The molecule has 0 spiro atoms. The summed E-state index contributed by atoms with van der Waals surface area (Å²) in [5, 5.41) is 5.27. The summed E-state index contributed by atoms with van der Waals surface area (Å²) in [4.78, 5) is 26.5. The molecular weight excluding hydrogens is 274 g/mol. The van der Waals surface area contributed by atoms with Gasteiger partial charge in [0.25, 0.3) is 0 Å². The van der Waals surface area contributed by atoms with Crippen molar-refractivity contribution in [3.05, 3.63) is 22.8 Å². The zero-order chi connectivity index (χ0) is 11.5. The van der Waals surface area contributed by atoms with E-state index in [4.69, 9.17) is 0 Å². The van der Waals surface area contributed by atoms with E-state index in [9.17, 15) is 9.59 Å². The maximum absolute atomic E-state index is 11.5. The Hall–Kier alpha value is -1.43. The molecule has 1 aromatic heterocycles. The maximum atomic E-state index is 11.5. The molecule has 2 heterocycles. The number of amides is 2. The Morgan fingerprint density at radius 1 is 1.50 bits per heavy atom. The molecular formula is C10H10BrN3O2. The molecule has 1 aliphatic heterocycles. The minimum absolute atomic E-state index is 0.217. The maximum Gasteiger partial charge on any atom is 0.249 e. The lowest BCUT2D eigenvalue weighted by atomic mass is 10.1. The number of nitrogens with one attached hydrogen (secondary N) is 2. The third-order valence-corrected chi connectivity index (χ3v) is 2.78. The van der Waals surface area contributed by atoms with Gasteiger partial charge in [0.15, 0.2) is 0 Å². The molecule has 2 rings (SSSR count). The van der Waals surface area contributed by atoms with Crippen molar-refractivity contribution in [1.82, 2.24) is 10.3 Å². The fourth-order valence-corrected chi connectivity index (χ4v) is 1.83.